The van der Waals surface area contributed by atoms with Crippen LogP contribution in [0, 0.1) is 0 Å². The number of pyridine rings is 1. The Bertz CT molecular complexity index is 1580. The number of hydrogen-bond acceptors (Lipinski definition) is 4. The molecule has 0 spiro atoms. The number of halogens is 2. The van der Waals surface area contributed by atoms with Crippen LogP contribution in [0.4, 0.5) is 5.69 Å². The predicted molar refractivity (Wildman–Crippen MR) is 155 cm³/mol. The quantitative estimate of drug-likeness (QED) is 0.211. The van der Waals surface area contributed by atoms with E-state index in [1.807, 2.05) is 91.0 Å². The van der Waals surface area contributed by atoms with Crippen LogP contribution in [-0.2, 0) is 0 Å². The summed E-state index contributed by atoms with van der Waals surface area (Å²) in [6.07, 6.45) is 1.78. The van der Waals surface area contributed by atoms with E-state index in [9.17, 15) is 0 Å². The van der Waals surface area contributed by atoms with Crippen molar-refractivity contribution in [3.8, 4) is 22.8 Å². The van der Waals surface area contributed by atoms with Crippen molar-refractivity contribution < 1.29 is 9.15 Å². The minimum Gasteiger partial charge on any atom is -0.459 e. The number of hydrogen-bond donors (Lipinski definition) is 1. The van der Waals surface area contributed by atoms with Crippen LogP contribution in [0.2, 0.25) is 10.0 Å². The SMILES string of the molecule is S=C1N[C@@H](c2ccccn2)[C@@H](c2ccc(-c3ccc(Cl)c(Cl)c3)o2)N1c1ccc(Oc2ccccc2)cc1. The third-order valence-corrected chi connectivity index (χ3v) is 7.37. The van der Waals surface area contributed by atoms with Crippen molar-refractivity contribution >= 4 is 46.2 Å². The molecule has 3 heterocycles. The van der Waals surface area contributed by atoms with E-state index in [0.717, 1.165) is 34.2 Å². The predicted octanol–water partition coefficient (Wildman–Crippen LogP) is 8.62. The second kappa shape index (κ2) is 10.5. The van der Waals surface area contributed by atoms with Gasteiger partial charge >= 0.3 is 0 Å². The van der Waals surface area contributed by atoms with Crippen LogP contribution in [0.25, 0.3) is 11.3 Å². The van der Waals surface area contributed by atoms with E-state index in [2.05, 4.69) is 15.2 Å². The largest absolute Gasteiger partial charge is 0.459 e. The zero-order valence-corrected chi connectivity index (χ0v) is 22.3. The summed E-state index contributed by atoms with van der Waals surface area (Å²) in [7, 11) is 0. The molecular weight excluding hydrogens is 537 g/mol. The maximum absolute atomic E-state index is 6.41. The Labute approximate surface area is 235 Å². The van der Waals surface area contributed by atoms with E-state index in [-0.39, 0.29) is 12.1 Å². The number of aromatic nitrogens is 1. The first kappa shape index (κ1) is 24.5. The molecule has 2 atom stereocenters. The third kappa shape index (κ3) is 4.86. The summed E-state index contributed by atoms with van der Waals surface area (Å²) in [6.45, 7) is 0. The minimum absolute atomic E-state index is 0.225. The number of nitrogens with one attached hydrogen (secondary N) is 1. The van der Waals surface area contributed by atoms with Gasteiger partial charge < -0.3 is 19.4 Å². The van der Waals surface area contributed by atoms with Crippen LogP contribution in [0.15, 0.2) is 114 Å². The number of furan rings is 1. The highest BCUT2D eigenvalue weighted by Crippen LogP contribution is 2.43. The van der Waals surface area contributed by atoms with Gasteiger partial charge in [0.1, 0.15) is 29.1 Å². The van der Waals surface area contributed by atoms with Gasteiger partial charge in [-0.1, -0.05) is 47.5 Å². The molecule has 2 aromatic heterocycles. The molecule has 0 saturated carbocycles. The lowest BCUT2D eigenvalue weighted by Crippen LogP contribution is -2.29. The molecule has 0 radical (unpaired) electrons. The standard InChI is InChI=1S/C30H21Cl2N3O2S/c31-23-14-9-19(18-24(23)32)26-15-16-27(37-26)29-28(25-8-4-5-17-33-25)34-30(38)35(29)20-10-12-22(13-11-20)36-21-6-2-1-3-7-21/h1-18,28-29H,(H,34,38)/t28-,29+/m0/s1. The Kier molecular flexibility index (Phi) is 6.77. The summed E-state index contributed by atoms with van der Waals surface area (Å²) in [4.78, 5) is 6.66. The number of benzene rings is 3. The molecule has 0 aliphatic carbocycles. The van der Waals surface area contributed by atoms with Gasteiger partial charge in [-0.2, -0.15) is 0 Å². The molecule has 3 aromatic carbocycles. The Morgan fingerprint density at radius 1 is 0.816 bits per heavy atom. The van der Waals surface area contributed by atoms with Crippen LogP contribution in [0.3, 0.4) is 0 Å². The van der Waals surface area contributed by atoms with Crippen molar-refractivity contribution in [2.75, 3.05) is 4.90 Å². The second-order valence-electron chi connectivity index (χ2n) is 8.74. The summed E-state index contributed by atoms with van der Waals surface area (Å²) in [6, 6.07) is 32.2. The smallest absolute Gasteiger partial charge is 0.174 e. The first-order chi connectivity index (χ1) is 18.6. The van der Waals surface area contributed by atoms with Gasteiger partial charge in [0.15, 0.2) is 5.11 Å². The third-order valence-electron chi connectivity index (χ3n) is 6.31. The maximum Gasteiger partial charge on any atom is 0.174 e. The highest BCUT2D eigenvalue weighted by atomic mass is 35.5. The fourth-order valence-corrected chi connectivity index (χ4v) is 5.18. The van der Waals surface area contributed by atoms with Crippen LogP contribution in [0.5, 0.6) is 11.5 Å². The lowest BCUT2D eigenvalue weighted by Gasteiger charge is -2.26. The molecule has 38 heavy (non-hydrogen) atoms. The zero-order chi connectivity index (χ0) is 26.1. The molecule has 5 nitrogen and oxygen atoms in total. The fourth-order valence-electron chi connectivity index (χ4n) is 4.54. The number of anilines is 1. The van der Waals surface area contributed by atoms with Crippen LogP contribution >= 0.6 is 35.4 Å². The molecule has 1 aliphatic rings. The van der Waals surface area contributed by atoms with Gasteiger partial charge in [-0.15, -0.1) is 0 Å². The van der Waals surface area contributed by atoms with E-state index in [1.165, 1.54) is 0 Å². The average molecular weight is 558 g/mol. The van der Waals surface area contributed by atoms with Gasteiger partial charge in [0, 0.05) is 17.4 Å². The van der Waals surface area contributed by atoms with E-state index in [0.29, 0.717) is 20.9 Å². The maximum atomic E-state index is 6.41. The van der Waals surface area contributed by atoms with Crippen molar-refractivity contribution in [3.63, 3.8) is 0 Å². The number of nitrogens with zero attached hydrogens (tertiary/aromatic N) is 2. The number of para-hydroxylation sites is 1. The molecule has 0 amide bonds. The summed E-state index contributed by atoms with van der Waals surface area (Å²) in [5, 5.41) is 4.99. The van der Waals surface area contributed by atoms with Crippen LogP contribution in [0.1, 0.15) is 23.5 Å². The molecule has 1 aliphatic heterocycles. The van der Waals surface area contributed by atoms with Crippen LogP contribution < -0.4 is 15.0 Å². The molecule has 1 saturated heterocycles. The first-order valence-electron chi connectivity index (χ1n) is 12.0. The Balaban J connectivity index is 1.36. The van der Waals surface area contributed by atoms with Gasteiger partial charge in [0.2, 0.25) is 0 Å². The lowest BCUT2D eigenvalue weighted by atomic mass is 10.0. The molecule has 8 heteroatoms. The Hall–Kier alpha value is -3.84. The number of ether oxygens (including phenoxy) is 1. The molecular formula is C30H21Cl2N3O2S. The van der Waals surface area contributed by atoms with Gasteiger partial charge in [-0.3, -0.25) is 4.98 Å². The molecule has 5 aromatic rings. The summed E-state index contributed by atoms with van der Waals surface area (Å²) < 4.78 is 12.4. The summed E-state index contributed by atoms with van der Waals surface area (Å²) >= 11 is 18.2. The lowest BCUT2D eigenvalue weighted by molar-refractivity contribution is 0.439. The van der Waals surface area contributed by atoms with Gasteiger partial charge in [-0.25, -0.2) is 0 Å². The van der Waals surface area contributed by atoms with E-state index in [4.69, 9.17) is 44.6 Å². The molecule has 0 unspecified atom stereocenters. The average Bonchev–Trinajstić information content (AvgIpc) is 3.56. The van der Waals surface area contributed by atoms with Crippen molar-refractivity contribution in [3.05, 3.63) is 131 Å². The van der Waals surface area contributed by atoms with Crippen molar-refractivity contribution in [2.24, 2.45) is 0 Å². The van der Waals surface area contributed by atoms with Crippen molar-refractivity contribution in [1.82, 2.24) is 10.3 Å². The highest BCUT2D eigenvalue weighted by Gasteiger charge is 2.42. The topological polar surface area (TPSA) is 50.5 Å². The molecule has 188 valence electrons. The summed E-state index contributed by atoms with van der Waals surface area (Å²) in [5.41, 5.74) is 2.60. The highest BCUT2D eigenvalue weighted by molar-refractivity contribution is 7.80. The van der Waals surface area contributed by atoms with Gasteiger partial charge in [0.05, 0.1) is 21.8 Å². The second-order valence-corrected chi connectivity index (χ2v) is 9.94. The van der Waals surface area contributed by atoms with E-state index < -0.39 is 0 Å². The van der Waals surface area contributed by atoms with Gasteiger partial charge in [0.25, 0.3) is 0 Å². The van der Waals surface area contributed by atoms with Crippen molar-refractivity contribution in [1.29, 1.82) is 0 Å². The van der Waals surface area contributed by atoms with Gasteiger partial charge in [-0.05, 0) is 91.1 Å². The zero-order valence-electron chi connectivity index (χ0n) is 19.9. The molecule has 6 rings (SSSR count). The summed E-state index contributed by atoms with van der Waals surface area (Å²) in [5.74, 6) is 2.93. The molecule has 0 bridgehead atoms. The van der Waals surface area contributed by atoms with E-state index in [1.54, 1.807) is 18.3 Å². The molecule has 1 fully saturated rings. The Morgan fingerprint density at radius 2 is 1.58 bits per heavy atom. The van der Waals surface area contributed by atoms with E-state index >= 15 is 0 Å². The number of rotatable bonds is 6. The minimum atomic E-state index is -0.283. The molecule has 1 N–H and O–H groups in total. The fraction of sp³-hybridized carbons (Fsp3) is 0.0667. The normalized spacial score (nSPS) is 16.9. The first-order valence-corrected chi connectivity index (χ1v) is 13.1. The van der Waals surface area contributed by atoms with Crippen LogP contribution in [-0.4, -0.2) is 10.1 Å². The number of thiocarbonyl (C=S) groups is 1. The monoisotopic (exact) mass is 557 g/mol. The Morgan fingerprint density at radius 3 is 2.32 bits per heavy atom. The van der Waals surface area contributed by atoms with Crippen molar-refractivity contribution in [2.45, 2.75) is 12.1 Å².